The summed E-state index contributed by atoms with van der Waals surface area (Å²) in [5.74, 6) is 0.788. The first-order valence-electron chi connectivity index (χ1n) is 7.64. The van der Waals surface area contributed by atoms with Crippen LogP contribution in [0, 0.1) is 5.92 Å². The third kappa shape index (κ3) is 3.58. The molecule has 1 aromatic carbocycles. The van der Waals surface area contributed by atoms with E-state index in [1.165, 1.54) is 45.1 Å². The van der Waals surface area contributed by atoms with Crippen molar-refractivity contribution in [2.75, 3.05) is 13.1 Å². The first-order valence-corrected chi connectivity index (χ1v) is 7.64. The molecule has 1 nitrogen and oxygen atoms in total. The third-order valence-electron chi connectivity index (χ3n) is 4.12. The molecule has 0 amide bonds. The van der Waals surface area contributed by atoms with Crippen LogP contribution < -0.4 is 5.32 Å². The summed E-state index contributed by atoms with van der Waals surface area (Å²) >= 11 is 0. The highest BCUT2D eigenvalue weighted by Crippen LogP contribution is 2.24. The Balaban J connectivity index is 1.90. The quantitative estimate of drug-likeness (QED) is 0.722. The van der Waals surface area contributed by atoms with Crippen LogP contribution in [0.4, 0.5) is 0 Å². The fraction of sp³-hybridized carbons (Fsp3) is 0.647. The number of rotatable bonds is 7. The van der Waals surface area contributed by atoms with E-state index in [1.54, 1.807) is 16.7 Å². The Kier molecular flexibility index (Phi) is 5.25. The molecule has 0 aliphatic heterocycles. The molecule has 18 heavy (non-hydrogen) atoms. The van der Waals surface area contributed by atoms with Crippen LogP contribution in [0.1, 0.15) is 49.8 Å². The number of aryl methyl sites for hydroxylation is 2. The minimum Gasteiger partial charge on any atom is -0.316 e. The second-order valence-electron chi connectivity index (χ2n) is 5.64. The minimum atomic E-state index is 0.788. The van der Waals surface area contributed by atoms with Crippen molar-refractivity contribution in [3.05, 3.63) is 34.9 Å². The van der Waals surface area contributed by atoms with Crippen LogP contribution in [0.25, 0.3) is 0 Å². The Morgan fingerprint density at radius 1 is 1.17 bits per heavy atom. The van der Waals surface area contributed by atoms with E-state index in [0.29, 0.717) is 0 Å². The molecule has 0 spiro atoms. The Morgan fingerprint density at radius 2 is 2.00 bits per heavy atom. The Labute approximate surface area is 112 Å². The van der Waals surface area contributed by atoms with Gasteiger partial charge < -0.3 is 5.32 Å². The van der Waals surface area contributed by atoms with Crippen molar-refractivity contribution in [3.8, 4) is 0 Å². The van der Waals surface area contributed by atoms with Crippen LogP contribution in [0.5, 0.6) is 0 Å². The Hall–Kier alpha value is -0.820. The van der Waals surface area contributed by atoms with Gasteiger partial charge in [0.2, 0.25) is 0 Å². The van der Waals surface area contributed by atoms with Gasteiger partial charge >= 0.3 is 0 Å². The molecule has 1 unspecified atom stereocenters. The predicted molar refractivity (Wildman–Crippen MR) is 79.1 cm³/mol. The van der Waals surface area contributed by atoms with Crippen LogP contribution in [0.3, 0.4) is 0 Å². The summed E-state index contributed by atoms with van der Waals surface area (Å²) in [5.41, 5.74) is 4.75. The fourth-order valence-electron chi connectivity index (χ4n) is 2.93. The van der Waals surface area contributed by atoms with Crippen LogP contribution in [0.15, 0.2) is 18.2 Å². The topological polar surface area (TPSA) is 12.0 Å². The number of fused-ring (bicyclic) bond motifs is 1. The van der Waals surface area contributed by atoms with Gasteiger partial charge in [0.25, 0.3) is 0 Å². The molecule has 1 N–H and O–H groups in total. The van der Waals surface area contributed by atoms with Crippen molar-refractivity contribution < 1.29 is 0 Å². The molecule has 0 radical (unpaired) electrons. The minimum absolute atomic E-state index is 0.788. The van der Waals surface area contributed by atoms with E-state index in [4.69, 9.17) is 0 Å². The van der Waals surface area contributed by atoms with Crippen LogP contribution in [-0.2, 0) is 19.3 Å². The van der Waals surface area contributed by atoms with Gasteiger partial charge in [-0.1, -0.05) is 38.5 Å². The first-order chi connectivity index (χ1) is 8.83. The predicted octanol–water partition coefficient (Wildman–Crippen LogP) is 3.74. The average molecular weight is 245 g/mol. The number of hydrogen-bond donors (Lipinski definition) is 1. The summed E-state index contributed by atoms with van der Waals surface area (Å²) in [7, 11) is 0. The maximum Gasteiger partial charge on any atom is -0.00174 e. The second kappa shape index (κ2) is 6.94. The number of nitrogens with one attached hydrogen (secondary N) is 1. The van der Waals surface area contributed by atoms with E-state index in [0.717, 1.165) is 12.5 Å². The van der Waals surface area contributed by atoms with Crippen molar-refractivity contribution in [3.63, 3.8) is 0 Å². The number of hydrogen-bond acceptors (Lipinski definition) is 1. The molecule has 1 aliphatic carbocycles. The molecule has 0 bridgehead atoms. The van der Waals surface area contributed by atoms with E-state index >= 15 is 0 Å². The summed E-state index contributed by atoms with van der Waals surface area (Å²) < 4.78 is 0. The highest BCUT2D eigenvalue weighted by Gasteiger charge is 2.12. The SMILES string of the molecule is CCCNCC(CC)Cc1ccc2c(c1)CCC2. The van der Waals surface area contributed by atoms with E-state index in [9.17, 15) is 0 Å². The summed E-state index contributed by atoms with van der Waals surface area (Å²) in [4.78, 5) is 0. The van der Waals surface area contributed by atoms with Crippen molar-refractivity contribution in [2.45, 2.75) is 52.4 Å². The normalized spacial score (nSPS) is 15.7. The molecule has 0 aromatic heterocycles. The van der Waals surface area contributed by atoms with Crippen LogP contribution in [0.2, 0.25) is 0 Å². The highest BCUT2D eigenvalue weighted by molar-refractivity contribution is 5.35. The summed E-state index contributed by atoms with van der Waals surface area (Å²) in [6.45, 7) is 6.86. The van der Waals surface area contributed by atoms with Gasteiger partial charge in [0.05, 0.1) is 0 Å². The summed E-state index contributed by atoms with van der Waals surface area (Å²) in [6.07, 6.45) is 7.69. The lowest BCUT2D eigenvalue weighted by Gasteiger charge is -2.16. The summed E-state index contributed by atoms with van der Waals surface area (Å²) in [5, 5.41) is 3.56. The molecule has 1 aliphatic rings. The van der Waals surface area contributed by atoms with E-state index in [-0.39, 0.29) is 0 Å². The van der Waals surface area contributed by atoms with Crippen molar-refractivity contribution in [1.29, 1.82) is 0 Å². The van der Waals surface area contributed by atoms with Gasteiger partial charge in [0.1, 0.15) is 0 Å². The molecular formula is C17H27N. The zero-order valence-electron chi connectivity index (χ0n) is 12.0. The molecule has 0 saturated carbocycles. The summed E-state index contributed by atoms with van der Waals surface area (Å²) in [6, 6.07) is 7.18. The smallest absolute Gasteiger partial charge is 0.00174 e. The maximum absolute atomic E-state index is 3.56. The van der Waals surface area contributed by atoms with E-state index in [1.807, 2.05) is 0 Å². The fourth-order valence-corrected chi connectivity index (χ4v) is 2.93. The van der Waals surface area contributed by atoms with Crippen molar-refractivity contribution in [1.82, 2.24) is 5.32 Å². The average Bonchev–Trinajstić information content (AvgIpc) is 2.85. The molecular weight excluding hydrogens is 218 g/mol. The zero-order valence-corrected chi connectivity index (χ0v) is 12.0. The molecule has 0 saturated heterocycles. The molecule has 2 rings (SSSR count). The molecule has 1 atom stereocenters. The number of benzene rings is 1. The molecule has 0 fully saturated rings. The third-order valence-corrected chi connectivity index (χ3v) is 4.12. The highest BCUT2D eigenvalue weighted by atomic mass is 14.8. The maximum atomic E-state index is 3.56. The van der Waals surface area contributed by atoms with Crippen molar-refractivity contribution in [2.24, 2.45) is 5.92 Å². The Bertz CT molecular complexity index is 370. The monoisotopic (exact) mass is 245 g/mol. The Morgan fingerprint density at radius 3 is 2.78 bits per heavy atom. The molecule has 1 aromatic rings. The van der Waals surface area contributed by atoms with E-state index in [2.05, 4.69) is 37.4 Å². The van der Waals surface area contributed by atoms with Gasteiger partial charge in [-0.3, -0.25) is 0 Å². The van der Waals surface area contributed by atoms with E-state index < -0.39 is 0 Å². The van der Waals surface area contributed by atoms with Gasteiger partial charge in [-0.05, 0) is 67.8 Å². The lowest BCUT2D eigenvalue weighted by Crippen LogP contribution is -2.24. The standard InChI is InChI=1S/C17H27N/c1-3-10-18-13-14(4-2)11-15-8-9-16-6-5-7-17(16)12-15/h8-9,12,14,18H,3-7,10-11,13H2,1-2H3. The van der Waals surface area contributed by atoms with Gasteiger partial charge in [0.15, 0.2) is 0 Å². The van der Waals surface area contributed by atoms with Gasteiger partial charge in [-0.15, -0.1) is 0 Å². The zero-order chi connectivity index (χ0) is 12.8. The lowest BCUT2D eigenvalue weighted by molar-refractivity contribution is 0.460. The molecule has 1 heteroatoms. The van der Waals surface area contributed by atoms with Crippen molar-refractivity contribution >= 4 is 0 Å². The van der Waals surface area contributed by atoms with Gasteiger partial charge in [-0.2, -0.15) is 0 Å². The van der Waals surface area contributed by atoms with Crippen LogP contribution in [-0.4, -0.2) is 13.1 Å². The largest absolute Gasteiger partial charge is 0.316 e. The molecule has 100 valence electrons. The first kappa shape index (κ1) is 13.6. The van der Waals surface area contributed by atoms with Crippen LogP contribution >= 0.6 is 0 Å². The molecule has 0 heterocycles. The lowest BCUT2D eigenvalue weighted by atomic mass is 9.94. The second-order valence-corrected chi connectivity index (χ2v) is 5.64. The van der Waals surface area contributed by atoms with Gasteiger partial charge in [-0.25, -0.2) is 0 Å². The van der Waals surface area contributed by atoms with Gasteiger partial charge in [0, 0.05) is 0 Å².